The molecule has 0 aliphatic rings. The van der Waals surface area contributed by atoms with Gasteiger partial charge in [-0.05, 0) is 30.4 Å². The molecule has 7 nitrogen and oxygen atoms in total. The molecule has 36 heavy (non-hydrogen) atoms. The summed E-state index contributed by atoms with van der Waals surface area (Å²) in [6, 6.07) is 18.3. The summed E-state index contributed by atoms with van der Waals surface area (Å²) in [6.45, 7) is 7.18. The topological polar surface area (TPSA) is 105 Å². The summed E-state index contributed by atoms with van der Waals surface area (Å²) in [6.07, 6.45) is 4.02. The van der Waals surface area contributed by atoms with Gasteiger partial charge in [0.1, 0.15) is 6.10 Å². The van der Waals surface area contributed by atoms with Crippen molar-refractivity contribution < 1.29 is 24.2 Å². The molecule has 2 aromatic carbocycles. The Kier molecular flexibility index (Phi) is 12.7. The molecule has 3 atom stereocenters. The number of hydrogen-bond acceptors (Lipinski definition) is 5. The van der Waals surface area contributed by atoms with Crippen molar-refractivity contribution in [3.63, 3.8) is 0 Å². The number of benzene rings is 2. The molecule has 0 aliphatic heterocycles. The normalized spacial score (nSPS) is 13.0. The number of allylic oxidation sites excluding steroid dienone is 2. The molecular formula is C29H36N2O5. The lowest BCUT2D eigenvalue weighted by molar-refractivity contribution is -0.150. The Balaban J connectivity index is 1.97. The van der Waals surface area contributed by atoms with Gasteiger partial charge in [0, 0.05) is 12.8 Å². The van der Waals surface area contributed by atoms with Crippen molar-refractivity contribution in [3.05, 3.63) is 97.1 Å². The van der Waals surface area contributed by atoms with Crippen LogP contribution in [0.3, 0.4) is 0 Å². The quantitative estimate of drug-likeness (QED) is 0.245. The molecule has 0 aromatic heterocycles. The van der Waals surface area contributed by atoms with Crippen molar-refractivity contribution in [2.75, 3.05) is 13.2 Å². The Morgan fingerprint density at radius 3 is 2.25 bits per heavy atom. The van der Waals surface area contributed by atoms with Gasteiger partial charge in [-0.25, -0.2) is 0 Å². The van der Waals surface area contributed by atoms with Gasteiger partial charge in [-0.15, -0.1) is 13.2 Å². The van der Waals surface area contributed by atoms with E-state index in [1.807, 2.05) is 60.7 Å². The number of hydrogen-bond donors (Lipinski definition) is 3. The van der Waals surface area contributed by atoms with Crippen LogP contribution in [0.4, 0.5) is 0 Å². The molecule has 0 unspecified atom stereocenters. The number of nitrogens with one attached hydrogen (secondary N) is 2. The third-order valence-electron chi connectivity index (χ3n) is 5.62. The molecule has 0 saturated carbocycles. The van der Waals surface area contributed by atoms with Crippen LogP contribution in [-0.4, -0.2) is 42.1 Å². The van der Waals surface area contributed by atoms with Crippen LogP contribution in [0.1, 0.15) is 42.9 Å². The highest BCUT2D eigenvalue weighted by Gasteiger charge is 2.24. The molecule has 0 bridgehead atoms. The second-order valence-electron chi connectivity index (χ2n) is 8.52. The highest BCUT2D eigenvalue weighted by atomic mass is 16.5. The summed E-state index contributed by atoms with van der Waals surface area (Å²) in [4.78, 5) is 37.9. The molecule has 192 valence electrons. The van der Waals surface area contributed by atoms with Crippen LogP contribution in [0.5, 0.6) is 0 Å². The molecule has 2 amide bonds. The van der Waals surface area contributed by atoms with Crippen molar-refractivity contribution in [1.29, 1.82) is 0 Å². The average Bonchev–Trinajstić information content (AvgIpc) is 2.90. The van der Waals surface area contributed by atoms with Crippen molar-refractivity contribution in [2.24, 2.45) is 5.92 Å². The monoisotopic (exact) mass is 492 g/mol. The van der Waals surface area contributed by atoms with E-state index < -0.39 is 18.1 Å². The van der Waals surface area contributed by atoms with Gasteiger partial charge in [-0.2, -0.15) is 0 Å². The first-order valence-electron chi connectivity index (χ1n) is 12.1. The molecule has 0 aliphatic carbocycles. The number of ether oxygens (including phenoxy) is 1. The fourth-order valence-corrected chi connectivity index (χ4v) is 3.72. The fraction of sp³-hybridized carbons (Fsp3) is 0.345. The minimum atomic E-state index is -0.657. The second kappa shape index (κ2) is 16.1. The van der Waals surface area contributed by atoms with Gasteiger partial charge in [0.25, 0.3) is 0 Å². The highest BCUT2D eigenvalue weighted by molar-refractivity contribution is 5.86. The van der Waals surface area contributed by atoms with E-state index in [0.717, 1.165) is 11.1 Å². The van der Waals surface area contributed by atoms with Gasteiger partial charge >= 0.3 is 5.97 Å². The molecule has 0 saturated heterocycles. The number of aliphatic hydroxyl groups excluding tert-OH is 1. The lowest BCUT2D eigenvalue weighted by Gasteiger charge is -2.22. The largest absolute Gasteiger partial charge is 0.456 e. The summed E-state index contributed by atoms with van der Waals surface area (Å²) < 4.78 is 5.60. The van der Waals surface area contributed by atoms with E-state index in [1.165, 1.54) is 0 Å². The molecule has 2 aromatic rings. The Morgan fingerprint density at radius 2 is 1.64 bits per heavy atom. The minimum Gasteiger partial charge on any atom is -0.456 e. The molecule has 7 heteroatoms. The van der Waals surface area contributed by atoms with E-state index in [1.54, 1.807) is 12.2 Å². The van der Waals surface area contributed by atoms with Crippen molar-refractivity contribution in [2.45, 2.75) is 44.2 Å². The predicted molar refractivity (Wildman–Crippen MR) is 140 cm³/mol. The zero-order valence-corrected chi connectivity index (χ0v) is 20.6. The van der Waals surface area contributed by atoms with Crippen LogP contribution in [0.2, 0.25) is 0 Å². The number of carbonyl (C=O) groups is 3. The molecule has 3 N–H and O–H groups in total. The van der Waals surface area contributed by atoms with Crippen LogP contribution in [0.15, 0.2) is 86.0 Å². The zero-order valence-electron chi connectivity index (χ0n) is 20.6. The summed E-state index contributed by atoms with van der Waals surface area (Å²) in [7, 11) is 0. The first kappa shape index (κ1) is 28.5. The van der Waals surface area contributed by atoms with Gasteiger partial charge in [0.2, 0.25) is 11.8 Å². The van der Waals surface area contributed by atoms with Gasteiger partial charge in [0.05, 0.1) is 25.1 Å². The van der Waals surface area contributed by atoms with E-state index in [2.05, 4.69) is 23.8 Å². The van der Waals surface area contributed by atoms with Crippen LogP contribution in [0, 0.1) is 5.92 Å². The minimum absolute atomic E-state index is 0.0573. The smallest absolute Gasteiger partial charge is 0.306 e. The number of esters is 1. The molecule has 0 heterocycles. The second-order valence-corrected chi connectivity index (χ2v) is 8.52. The van der Waals surface area contributed by atoms with Crippen molar-refractivity contribution in [3.8, 4) is 0 Å². The Morgan fingerprint density at radius 1 is 0.972 bits per heavy atom. The number of aliphatic hydroxyl groups is 1. The number of amides is 2. The first-order chi connectivity index (χ1) is 17.5. The van der Waals surface area contributed by atoms with Gasteiger partial charge in [-0.1, -0.05) is 72.8 Å². The molecule has 0 spiro atoms. The third-order valence-corrected chi connectivity index (χ3v) is 5.62. The molecular weight excluding hydrogens is 456 g/mol. The van der Waals surface area contributed by atoms with Crippen molar-refractivity contribution in [1.82, 2.24) is 10.6 Å². The number of carbonyl (C=O) groups excluding carboxylic acids is 3. The fourth-order valence-electron chi connectivity index (χ4n) is 3.72. The van der Waals surface area contributed by atoms with Gasteiger partial charge < -0.3 is 20.5 Å². The summed E-state index contributed by atoms with van der Waals surface area (Å²) >= 11 is 0. The number of rotatable bonds is 16. The third kappa shape index (κ3) is 10.3. The molecule has 0 radical (unpaired) electrons. The Labute approximate surface area is 213 Å². The first-order valence-corrected chi connectivity index (χ1v) is 12.1. The van der Waals surface area contributed by atoms with Crippen LogP contribution < -0.4 is 10.6 Å². The Hall–Kier alpha value is -3.71. The maximum Gasteiger partial charge on any atom is 0.306 e. The highest BCUT2D eigenvalue weighted by Crippen LogP contribution is 2.19. The van der Waals surface area contributed by atoms with Crippen LogP contribution in [-0.2, 0) is 25.5 Å². The standard InChI is InChI=1S/C29H36N2O5/c1-3-5-17-28(34)36-26(23-15-10-7-11-16-23)20-30-29(35)24(12-4-2)19-27(33)31-25(21-32)18-22-13-8-6-9-14-22/h3-4,6-11,13-16,24-26,32H,1-2,5,12,17-21H2,(H,30,35)(H,31,33)/t24-,25-,26-/m1/s1. The van der Waals surface area contributed by atoms with Crippen LogP contribution in [0.25, 0.3) is 0 Å². The van der Waals surface area contributed by atoms with E-state index in [0.29, 0.717) is 19.3 Å². The summed E-state index contributed by atoms with van der Waals surface area (Å²) in [5, 5.41) is 15.3. The molecule has 0 fully saturated rings. The van der Waals surface area contributed by atoms with Gasteiger partial charge in [0.15, 0.2) is 0 Å². The van der Waals surface area contributed by atoms with Crippen LogP contribution >= 0.6 is 0 Å². The van der Waals surface area contributed by atoms with Gasteiger partial charge in [-0.3, -0.25) is 14.4 Å². The molecule has 2 rings (SSSR count). The summed E-state index contributed by atoms with van der Waals surface area (Å²) in [5.74, 6) is -1.70. The summed E-state index contributed by atoms with van der Waals surface area (Å²) in [5.41, 5.74) is 1.75. The van der Waals surface area contributed by atoms with E-state index in [4.69, 9.17) is 4.74 Å². The van der Waals surface area contributed by atoms with Crippen molar-refractivity contribution >= 4 is 17.8 Å². The maximum atomic E-state index is 13.0. The predicted octanol–water partition coefficient (Wildman–Crippen LogP) is 3.66. The van der Waals surface area contributed by atoms with E-state index >= 15 is 0 Å². The van der Waals surface area contributed by atoms with E-state index in [-0.39, 0.29) is 43.8 Å². The van der Waals surface area contributed by atoms with E-state index in [9.17, 15) is 19.5 Å². The lowest BCUT2D eigenvalue weighted by atomic mass is 9.98. The average molecular weight is 493 g/mol. The lowest BCUT2D eigenvalue weighted by Crippen LogP contribution is -2.42. The zero-order chi connectivity index (χ0) is 26.2. The maximum absolute atomic E-state index is 13.0. The SMILES string of the molecule is C=CCCC(=O)O[C@H](CNC(=O)[C@H](CC=C)CC(=O)N[C@@H](CO)Cc1ccccc1)c1ccccc1. The Bertz CT molecular complexity index is 978.